The first-order valence-electron chi connectivity index (χ1n) is 9.30. The van der Waals surface area contributed by atoms with Crippen LogP contribution in [-0.4, -0.2) is 35.3 Å². The lowest BCUT2D eigenvalue weighted by molar-refractivity contribution is 0.0690. The highest BCUT2D eigenvalue weighted by Gasteiger charge is 2.40. The molecule has 2 atom stereocenters. The van der Waals surface area contributed by atoms with Crippen LogP contribution in [0.4, 0.5) is 0 Å². The number of rotatable bonds is 4. The molecule has 0 spiro atoms. The summed E-state index contributed by atoms with van der Waals surface area (Å²) in [5.41, 5.74) is 3.73. The Morgan fingerprint density at radius 1 is 1.12 bits per heavy atom. The van der Waals surface area contributed by atoms with E-state index >= 15 is 0 Å². The van der Waals surface area contributed by atoms with Crippen molar-refractivity contribution in [3.05, 3.63) is 70.8 Å². The van der Waals surface area contributed by atoms with Crippen molar-refractivity contribution in [2.24, 2.45) is 0 Å². The van der Waals surface area contributed by atoms with Gasteiger partial charge in [-0.25, -0.2) is 0 Å². The van der Waals surface area contributed by atoms with Crippen LogP contribution in [0, 0.1) is 18.3 Å². The summed E-state index contributed by atoms with van der Waals surface area (Å²) >= 11 is 0. The van der Waals surface area contributed by atoms with E-state index < -0.39 is 6.04 Å². The lowest BCUT2D eigenvalue weighted by Gasteiger charge is -2.33. The van der Waals surface area contributed by atoms with Gasteiger partial charge in [-0.15, -0.1) is 0 Å². The van der Waals surface area contributed by atoms with Gasteiger partial charge < -0.3 is 4.90 Å². The molecule has 0 aliphatic carbocycles. The number of carbonyl (C=O) groups excluding carboxylic acids is 1. The molecule has 0 aromatic heterocycles. The van der Waals surface area contributed by atoms with Gasteiger partial charge in [0, 0.05) is 17.7 Å². The molecule has 2 aromatic carbocycles. The molecule has 1 fully saturated rings. The van der Waals surface area contributed by atoms with E-state index in [9.17, 15) is 10.1 Å². The highest BCUT2D eigenvalue weighted by molar-refractivity contribution is 6.01. The van der Waals surface area contributed by atoms with Crippen molar-refractivity contribution in [1.82, 2.24) is 9.80 Å². The molecule has 0 radical (unpaired) electrons. The minimum Gasteiger partial charge on any atom is -0.317 e. The van der Waals surface area contributed by atoms with E-state index in [2.05, 4.69) is 23.1 Å². The van der Waals surface area contributed by atoms with Crippen LogP contribution in [0.15, 0.2) is 48.5 Å². The Kier molecular flexibility index (Phi) is 4.48. The fourth-order valence-corrected chi connectivity index (χ4v) is 4.31. The van der Waals surface area contributed by atoms with Crippen molar-refractivity contribution in [2.75, 3.05) is 19.6 Å². The summed E-state index contributed by atoms with van der Waals surface area (Å²) in [7, 11) is 0. The highest BCUT2D eigenvalue weighted by atomic mass is 16.2. The normalized spacial score (nSPS) is 20.8. The van der Waals surface area contributed by atoms with E-state index in [1.54, 1.807) is 4.90 Å². The number of nitriles is 1. The fraction of sp³-hybridized carbons (Fsp3) is 0.364. The van der Waals surface area contributed by atoms with E-state index in [1.165, 1.54) is 18.4 Å². The molecule has 1 amide bonds. The quantitative estimate of drug-likeness (QED) is 0.845. The monoisotopic (exact) mass is 345 g/mol. The average Bonchev–Trinajstić information content (AvgIpc) is 3.28. The molecule has 26 heavy (non-hydrogen) atoms. The molecular formula is C22H23N3O. The summed E-state index contributed by atoms with van der Waals surface area (Å²) in [4.78, 5) is 17.3. The number of carbonyl (C=O) groups is 1. The van der Waals surface area contributed by atoms with Gasteiger partial charge in [0.1, 0.15) is 6.04 Å². The van der Waals surface area contributed by atoms with Gasteiger partial charge in [0.25, 0.3) is 5.91 Å². The maximum absolute atomic E-state index is 13.1. The third kappa shape index (κ3) is 2.79. The first-order chi connectivity index (χ1) is 12.7. The number of nitrogens with zero attached hydrogens (tertiary/aromatic N) is 3. The third-order valence-corrected chi connectivity index (χ3v) is 5.64. The number of benzene rings is 2. The molecule has 4 heteroatoms. The van der Waals surface area contributed by atoms with Crippen molar-refractivity contribution in [3.63, 3.8) is 0 Å². The van der Waals surface area contributed by atoms with Crippen molar-refractivity contribution in [3.8, 4) is 6.07 Å². The zero-order valence-electron chi connectivity index (χ0n) is 15.1. The van der Waals surface area contributed by atoms with Crippen LogP contribution in [0.5, 0.6) is 0 Å². The Balaban J connectivity index is 1.69. The van der Waals surface area contributed by atoms with Gasteiger partial charge in [-0.1, -0.05) is 48.5 Å². The Morgan fingerprint density at radius 3 is 2.54 bits per heavy atom. The average molecular weight is 345 g/mol. The summed E-state index contributed by atoms with van der Waals surface area (Å²) in [6.07, 6.45) is 2.39. The molecule has 132 valence electrons. The van der Waals surface area contributed by atoms with Gasteiger partial charge in [0.2, 0.25) is 0 Å². The SMILES string of the molecule is Cc1cccc2c1C(=O)N(CC(c1ccccc1)N1CCCC1)C2C#N. The largest absolute Gasteiger partial charge is 0.317 e. The first-order valence-corrected chi connectivity index (χ1v) is 9.30. The number of hydrogen-bond acceptors (Lipinski definition) is 3. The highest BCUT2D eigenvalue weighted by Crippen LogP contribution is 2.37. The summed E-state index contributed by atoms with van der Waals surface area (Å²) in [5.74, 6) is -0.00946. The van der Waals surface area contributed by atoms with Crippen molar-refractivity contribution in [2.45, 2.75) is 31.8 Å². The number of aryl methyl sites for hydroxylation is 1. The smallest absolute Gasteiger partial charge is 0.255 e. The van der Waals surface area contributed by atoms with E-state index in [0.29, 0.717) is 12.1 Å². The van der Waals surface area contributed by atoms with E-state index in [1.807, 2.05) is 43.3 Å². The van der Waals surface area contributed by atoms with E-state index in [0.717, 1.165) is 24.2 Å². The molecule has 2 heterocycles. The molecular weight excluding hydrogens is 322 g/mol. The van der Waals surface area contributed by atoms with Gasteiger partial charge in [-0.2, -0.15) is 5.26 Å². The van der Waals surface area contributed by atoms with Crippen LogP contribution in [0.1, 0.15) is 52.0 Å². The van der Waals surface area contributed by atoms with Gasteiger partial charge >= 0.3 is 0 Å². The second-order valence-electron chi connectivity index (χ2n) is 7.20. The maximum Gasteiger partial charge on any atom is 0.255 e. The minimum absolute atomic E-state index is 0.00946. The Bertz CT molecular complexity index is 849. The number of fused-ring (bicyclic) bond motifs is 1. The van der Waals surface area contributed by atoms with E-state index in [4.69, 9.17) is 0 Å². The second-order valence-corrected chi connectivity index (χ2v) is 7.20. The van der Waals surface area contributed by atoms with Gasteiger partial charge in [0.05, 0.1) is 12.1 Å². The standard InChI is InChI=1S/C22H23N3O/c1-16-8-7-11-18-19(14-23)25(22(26)21(16)18)15-20(24-12-5-6-13-24)17-9-3-2-4-10-17/h2-4,7-11,19-20H,5-6,12-13,15H2,1H3. The van der Waals surface area contributed by atoms with Crippen LogP contribution < -0.4 is 0 Å². The Labute approximate surface area is 154 Å². The predicted octanol–water partition coefficient (Wildman–Crippen LogP) is 3.85. The van der Waals surface area contributed by atoms with Gasteiger partial charge in [0.15, 0.2) is 0 Å². The Hall–Kier alpha value is -2.64. The van der Waals surface area contributed by atoms with Crippen molar-refractivity contribution in [1.29, 1.82) is 5.26 Å². The lowest BCUT2D eigenvalue weighted by atomic mass is 10.0. The van der Waals surface area contributed by atoms with Crippen LogP contribution in [-0.2, 0) is 0 Å². The molecule has 2 aromatic rings. The first kappa shape index (κ1) is 16.8. The van der Waals surface area contributed by atoms with Crippen LogP contribution in [0.2, 0.25) is 0 Å². The summed E-state index contributed by atoms with van der Waals surface area (Å²) < 4.78 is 0. The third-order valence-electron chi connectivity index (χ3n) is 5.64. The minimum atomic E-state index is -0.494. The van der Waals surface area contributed by atoms with Crippen LogP contribution in [0.25, 0.3) is 0 Å². The number of hydrogen-bond donors (Lipinski definition) is 0. The molecule has 2 aliphatic rings. The molecule has 0 saturated carbocycles. The fourth-order valence-electron chi connectivity index (χ4n) is 4.31. The summed E-state index contributed by atoms with van der Waals surface area (Å²) in [5, 5.41) is 9.78. The second kappa shape index (κ2) is 6.93. The maximum atomic E-state index is 13.1. The molecule has 1 saturated heterocycles. The van der Waals surface area contributed by atoms with Crippen LogP contribution >= 0.6 is 0 Å². The number of amides is 1. The zero-order chi connectivity index (χ0) is 18.1. The van der Waals surface area contributed by atoms with Gasteiger partial charge in [-0.3, -0.25) is 9.69 Å². The molecule has 2 aliphatic heterocycles. The zero-order valence-corrected chi connectivity index (χ0v) is 15.1. The van der Waals surface area contributed by atoms with Crippen LogP contribution in [0.3, 0.4) is 0 Å². The summed E-state index contributed by atoms with van der Waals surface area (Å²) in [6, 6.07) is 18.2. The molecule has 4 rings (SSSR count). The van der Waals surface area contributed by atoms with Crippen molar-refractivity contribution < 1.29 is 4.79 Å². The van der Waals surface area contributed by atoms with Crippen molar-refractivity contribution >= 4 is 5.91 Å². The lowest BCUT2D eigenvalue weighted by Crippen LogP contribution is -2.38. The molecule has 4 nitrogen and oxygen atoms in total. The topological polar surface area (TPSA) is 47.3 Å². The van der Waals surface area contributed by atoms with E-state index in [-0.39, 0.29) is 11.9 Å². The molecule has 2 unspecified atom stereocenters. The molecule has 0 bridgehead atoms. The Morgan fingerprint density at radius 2 is 1.85 bits per heavy atom. The summed E-state index contributed by atoms with van der Waals surface area (Å²) in [6.45, 7) is 4.59. The molecule has 0 N–H and O–H groups in total. The van der Waals surface area contributed by atoms with Gasteiger partial charge in [-0.05, 0) is 44.0 Å². The number of likely N-dealkylation sites (tertiary alicyclic amines) is 1. The predicted molar refractivity (Wildman–Crippen MR) is 101 cm³/mol.